The van der Waals surface area contributed by atoms with Gasteiger partial charge in [0.05, 0.1) is 23.4 Å². The maximum atomic E-state index is 10.0. The standard InChI is InChI=1S/C19H14NS.C15H12NS.2C5H8O2.2Ir/c1-13-11-14-7-3-4-8-15(14)12-16(13)19-20(2)17-9-5-6-10-18(17)21-19;1-11-12-7-3-4-9-14(12)17-15(11)13-8-5-6-10-16(13)2;2*1-4(6)3-5(2)7;;/h3-12H,1-2H2;3-10H,1-2H2;2*3,6H,1-2H3;;/q2*-1;;;;. The second kappa shape index (κ2) is 21.3. The number of hydrogen-bond donors (Lipinski definition) is 2. The van der Waals surface area contributed by atoms with Crippen LogP contribution in [0.2, 0.25) is 0 Å². The summed E-state index contributed by atoms with van der Waals surface area (Å²) < 4.78 is 6.42. The Labute approximate surface area is 352 Å². The molecule has 0 amide bonds. The van der Waals surface area contributed by atoms with Crippen LogP contribution in [0.3, 0.4) is 0 Å². The van der Waals surface area contributed by atoms with Crippen LogP contribution in [-0.4, -0.2) is 21.8 Å². The number of benzene rings is 4. The smallest absolute Gasteiger partial charge is 0.155 e. The van der Waals surface area contributed by atoms with Crippen molar-refractivity contribution in [2.24, 2.45) is 0 Å². The molecule has 0 fully saturated rings. The first kappa shape index (κ1) is 45.5. The molecule has 54 heavy (non-hydrogen) atoms. The number of nitrogens with zero attached hydrogens (tertiary/aromatic N) is 2. The minimum Gasteiger partial charge on any atom is -0.512 e. The predicted octanol–water partition coefficient (Wildman–Crippen LogP) is 10.6. The summed E-state index contributed by atoms with van der Waals surface area (Å²) in [5.41, 5.74) is 5.56. The van der Waals surface area contributed by atoms with Gasteiger partial charge >= 0.3 is 0 Å². The van der Waals surface area contributed by atoms with E-state index in [0.29, 0.717) is 0 Å². The summed E-state index contributed by atoms with van der Waals surface area (Å²) in [7, 11) is 8.21. The zero-order valence-corrected chi connectivity index (χ0v) is 36.9. The van der Waals surface area contributed by atoms with E-state index < -0.39 is 0 Å². The van der Waals surface area contributed by atoms with Gasteiger partial charge in [-0.2, -0.15) is 42.4 Å². The van der Waals surface area contributed by atoms with Crippen LogP contribution in [0.25, 0.3) is 52.2 Å². The Hall–Kier alpha value is -4.66. The molecule has 0 aliphatic carbocycles. The predicted molar refractivity (Wildman–Crippen MR) is 217 cm³/mol. The van der Waals surface area contributed by atoms with E-state index in [1.54, 1.807) is 22.7 Å². The number of ketones is 2. The molecule has 0 aliphatic heterocycles. The van der Waals surface area contributed by atoms with Gasteiger partial charge in [0.1, 0.15) is 10.5 Å². The average molecular weight is 1110 g/mol. The molecule has 2 N–H and O–H groups in total. The van der Waals surface area contributed by atoms with Crippen molar-refractivity contribution in [3.05, 3.63) is 172 Å². The Balaban J connectivity index is 0.000000274. The van der Waals surface area contributed by atoms with Gasteiger partial charge < -0.3 is 19.3 Å². The monoisotopic (exact) mass is 1110 g/mol. The Morgan fingerprint density at radius 2 is 1.19 bits per heavy atom. The summed E-state index contributed by atoms with van der Waals surface area (Å²) in [5.74, 6) is -0.125. The quantitative estimate of drug-likeness (QED) is 0.0796. The van der Waals surface area contributed by atoms with Crippen LogP contribution in [-0.2, 0) is 49.8 Å². The number of thiazole rings is 1. The zero-order chi connectivity index (χ0) is 37.9. The molecule has 0 spiro atoms. The molecule has 2 radical (unpaired) electrons. The molecule has 7 aromatic rings. The van der Waals surface area contributed by atoms with E-state index in [-0.39, 0.29) is 63.3 Å². The van der Waals surface area contributed by atoms with Gasteiger partial charge in [-0.3, -0.25) is 9.59 Å². The number of rotatable bonds is 4. The van der Waals surface area contributed by atoms with Crippen LogP contribution in [0.4, 0.5) is 0 Å². The fourth-order valence-electron chi connectivity index (χ4n) is 5.30. The van der Waals surface area contributed by atoms with E-state index in [9.17, 15) is 9.59 Å². The molecule has 10 heteroatoms. The molecule has 0 bridgehead atoms. The fourth-order valence-corrected chi connectivity index (χ4v) is 7.64. The number of carbonyl (C=O) groups excluding carboxylic acids is 2. The van der Waals surface area contributed by atoms with Gasteiger partial charge in [0.2, 0.25) is 0 Å². The first-order valence-corrected chi connectivity index (χ1v) is 17.9. The summed E-state index contributed by atoms with van der Waals surface area (Å²) in [6.07, 6.45) is 4.29. The molecule has 0 saturated carbocycles. The number of hydrogen-bond acceptors (Lipinski definition) is 6. The van der Waals surface area contributed by atoms with Crippen molar-refractivity contribution < 1.29 is 69.1 Å². The van der Waals surface area contributed by atoms with Gasteiger partial charge in [-0.1, -0.05) is 89.1 Å². The Morgan fingerprint density at radius 3 is 1.70 bits per heavy atom. The topological polar surface area (TPSA) is 82.4 Å². The molecule has 0 unspecified atom stereocenters. The van der Waals surface area contributed by atoms with E-state index in [0.717, 1.165) is 32.9 Å². The zero-order valence-electron chi connectivity index (χ0n) is 30.5. The van der Waals surface area contributed by atoms with Gasteiger partial charge in [0.25, 0.3) is 0 Å². The van der Waals surface area contributed by atoms with Crippen LogP contribution < -0.4 is 9.13 Å². The maximum absolute atomic E-state index is 10.0. The number of para-hydroxylation sites is 1. The fraction of sp³-hybridized carbons (Fsp3) is 0.0909. The molecule has 284 valence electrons. The number of fused-ring (bicyclic) bond motifs is 3. The molecule has 0 aliphatic rings. The van der Waals surface area contributed by atoms with Crippen molar-refractivity contribution in [3.63, 3.8) is 0 Å². The largest absolute Gasteiger partial charge is 0.512 e. The number of aliphatic hydroxyl groups is 2. The van der Waals surface area contributed by atoms with E-state index in [1.807, 2.05) is 33.5 Å². The van der Waals surface area contributed by atoms with Crippen molar-refractivity contribution >= 4 is 65.3 Å². The van der Waals surface area contributed by atoms with Crippen molar-refractivity contribution in [2.75, 3.05) is 0 Å². The van der Waals surface area contributed by atoms with E-state index in [4.69, 9.17) is 10.2 Å². The number of carbonyl (C=O) groups is 2. The first-order valence-electron chi connectivity index (χ1n) is 16.3. The molecule has 6 nitrogen and oxygen atoms in total. The second-order valence-electron chi connectivity index (χ2n) is 11.9. The molecule has 7 rings (SSSR count). The van der Waals surface area contributed by atoms with Crippen LogP contribution in [0.5, 0.6) is 0 Å². The van der Waals surface area contributed by atoms with E-state index >= 15 is 0 Å². The molecule has 0 atom stereocenters. The summed E-state index contributed by atoms with van der Waals surface area (Å²) in [6, 6.07) is 35.5. The van der Waals surface area contributed by atoms with Crippen LogP contribution in [0.15, 0.2) is 133 Å². The minimum atomic E-state index is -0.125. The molecule has 3 aromatic heterocycles. The van der Waals surface area contributed by atoms with Crippen molar-refractivity contribution in [3.8, 4) is 21.1 Å². The van der Waals surface area contributed by atoms with Gasteiger partial charge in [0, 0.05) is 71.2 Å². The Morgan fingerprint density at radius 1 is 0.667 bits per heavy atom. The van der Waals surface area contributed by atoms with Gasteiger partial charge in [-0.15, -0.1) is 23.1 Å². The van der Waals surface area contributed by atoms with Crippen molar-refractivity contribution in [1.82, 2.24) is 0 Å². The van der Waals surface area contributed by atoms with Crippen LogP contribution in [0, 0.1) is 27.9 Å². The van der Waals surface area contributed by atoms with Crippen molar-refractivity contribution in [1.29, 1.82) is 0 Å². The van der Waals surface area contributed by atoms with Crippen molar-refractivity contribution in [2.45, 2.75) is 27.7 Å². The van der Waals surface area contributed by atoms with Gasteiger partial charge in [-0.25, -0.2) is 11.3 Å². The summed E-state index contributed by atoms with van der Waals surface area (Å²) in [5, 5.41) is 21.6. The second-order valence-corrected chi connectivity index (χ2v) is 14.0. The van der Waals surface area contributed by atoms with Gasteiger partial charge in [-0.05, 0) is 43.8 Å². The summed E-state index contributed by atoms with van der Waals surface area (Å²) in [4.78, 5) is 21.2. The summed E-state index contributed by atoms with van der Waals surface area (Å²) >= 11 is 3.53. The molecule has 3 heterocycles. The third-order valence-corrected chi connectivity index (χ3v) is 9.94. The number of thiophene rings is 1. The number of pyridine rings is 1. The minimum absolute atomic E-state index is 0. The molecular weight excluding hydrogens is 1070 g/mol. The van der Waals surface area contributed by atoms with E-state index in [1.165, 1.54) is 70.3 Å². The third-order valence-electron chi connectivity index (χ3n) is 7.51. The normalized spacial score (nSPS) is 10.7. The number of allylic oxidation sites excluding steroid dienone is 4. The maximum Gasteiger partial charge on any atom is 0.155 e. The first-order chi connectivity index (χ1) is 24.8. The molecule has 4 aromatic carbocycles. The molecular formula is C44H42Ir2N2O4S2-2. The number of aromatic nitrogens is 2. The summed E-state index contributed by atoms with van der Waals surface area (Å²) in [6.45, 7) is 14.1. The SMILES string of the molecule is CC(=O)C=C(C)O.CC(=O)C=C(C)O.[CH2-]c1c(-c2cccc[n+]2[CH2-])sc2ccccc12.[CH2-]c1cc2ccccc2cc1-c1sc2ccccc2[n+]1[CH2-].[Ir].[Ir]. The Kier molecular flexibility index (Phi) is 17.9. The molecule has 0 saturated heterocycles. The Bertz CT molecular complexity index is 2390. The van der Waals surface area contributed by atoms with Gasteiger partial charge in [0.15, 0.2) is 11.6 Å². The number of aliphatic hydroxyl groups excluding tert-OH is 2. The average Bonchev–Trinajstić information content (AvgIpc) is 3.60. The third kappa shape index (κ3) is 12.2. The van der Waals surface area contributed by atoms with E-state index in [2.05, 4.69) is 113 Å². The van der Waals surface area contributed by atoms with Crippen LogP contribution >= 0.6 is 22.7 Å². The van der Waals surface area contributed by atoms with Crippen LogP contribution in [0.1, 0.15) is 38.8 Å².